The highest BCUT2D eigenvalue weighted by atomic mass is 35.5. The minimum Gasteiger partial charge on any atom is -0.320 e. The van der Waals surface area contributed by atoms with E-state index in [1.54, 1.807) is 5.32 Å². The van der Waals surface area contributed by atoms with Gasteiger partial charge in [0.25, 0.3) is 5.91 Å². The monoisotopic (exact) mass is 284 g/mol. The summed E-state index contributed by atoms with van der Waals surface area (Å²) in [5.74, 6) is -1.58. The van der Waals surface area contributed by atoms with Crippen molar-refractivity contribution in [3.63, 3.8) is 0 Å². The van der Waals surface area contributed by atoms with Gasteiger partial charge in [0.15, 0.2) is 0 Å². The number of hydrogen-bond donors (Lipinski definition) is 2. The van der Waals surface area contributed by atoms with Crippen molar-refractivity contribution in [1.29, 1.82) is 0 Å². The molecule has 3 N–H and O–H groups in total. The summed E-state index contributed by atoms with van der Waals surface area (Å²) in [4.78, 5) is 10.4. The van der Waals surface area contributed by atoms with Crippen LogP contribution in [0.15, 0.2) is 23.1 Å². The maximum Gasteiger partial charge on any atom is 0.315 e. The number of alkyl halides is 2. The summed E-state index contributed by atoms with van der Waals surface area (Å²) in [6.07, 6.45) is -3.23. The van der Waals surface area contributed by atoms with Gasteiger partial charge >= 0.3 is 6.43 Å². The van der Waals surface area contributed by atoms with E-state index >= 15 is 0 Å². The van der Waals surface area contributed by atoms with Crippen LogP contribution in [0.25, 0.3) is 0 Å². The summed E-state index contributed by atoms with van der Waals surface area (Å²) in [5.41, 5.74) is -0.247. The van der Waals surface area contributed by atoms with Gasteiger partial charge in [-0.05, 0) is 18.2 Å². The first-order chi connectivity index (χ1) is 7.71. The molecular formula is C8H7ClF2N2O3S. The number of benzene rings is 1. The molecule has 0 fully saturated rings. The first-order valence-electron chi connectivity index (χ1n) is 4.13. The van der Waals surface area contributed by atoms with E-state index in [-0.39, 0.29) is 15.6 Å². The van der Waals surface area contributed by atoms with Crippen molar-refractivity contribution >= 4 is 33.2 Å². The molecule has 1 rings (SSSR count). The van der Waals surface area contributed by atoms with Crippen molar-refractivity contribution in [3.8, 4) is 0 Å². The number of hydrogen-bond acceptors (Lipinski definition) is 3. The number of nitrogens with two attached hydrogens (primary N) is 1. The maximum atomic E-state index is 12.0. The van der Waals surface area contributed by atoms with Crippen LogP contribution in [0.3, 0.4) is 0 Å². The molecule has 1 aromatic rings. The standard InChI is InChI=1S/C8H7ClF2N2O3S/c9-5-2-1-4(17(12,15)16)3-6(5)13-8(14)7(10)11/h1-3,7H,(H,13,14)(H2,12,15,16). The number of carbonyl (C=O) groups is 1. The number of primary sulfonamides is 1. The minimum absolute atomic E-state index is 0.0774. The third-order valence-corrected chi connectivity index (χ3v) is 2.96. The average molecular weight is 285 g/mol. The highest BCUT2D eigenvalue weighted by molar-refractivity contribution is 7.89. The lowest BCUT2D eigenvalue weighted by atomic mass is 10.3. The first kappa shape index (κ1) is 13.8. The predicted molar refractivity (Wildman–Crippen MR) is 57.5 cm³/mol. The van der Waals surface area contributed by atoms with Crippen LogP contribution < -0.4 is 10.5 Å². The number of anilines is 1. The fraction of sp³-hybridized carbons (Fsp3) is 0.125. The lowest BCUT2D eigenvalue weighted by molar-refractivity contribution is -0.126. The molecule has 0 aliphatic rings. The lowest BCUT2D eigenvalue weighted by Gasteiger charge is -2.08. The van der Waals surface area contributed by atoms with Crippen molar-refractivity contribution in [2.24, 2.45) is 5.14 Å². The number of rotatable bonds is 3. The SMILES string of the molecule is NS(=O)(=O)c1ccc(Cl)c(NC(=O)C(F)F)c1. The van der Waals surface area contributed by atoms with Crippen LogP contribution in [0.1, 0.15) is 0 Å². The molecule has 0 radical (unpaired) electrons. The van der Waals surface area contributed by atoms with Crippen molar-refractivity contribution in [2.75, 3.05) is 5.32 Å². The Kier molecular flexibility index (Phi) is 4.02. The van der Waals surface area contributed by atoms with Gasteiger partial charge in [-0.1, -0.05) is 11.6 Å². The fourth-order valence-electron chi connectivity index (χ4n) is 0.964. The zero-order valence-corrected chi connectivity index (χ0v) is 9.73. The highest BCUT2D eigenvalue weighted by Crippen LogP contribution is 2.25. The second-order valence-electron chi connectivity index (χ2n) is 2.98. The molecule has 0 unspecified atom stereocenters. The summed E-state index contributed by atoms with van der Waals surface area (Å²) in [7, 11) is -4.00. The molecule has 9 heteroatoms. The van der Waals surface area contributed by atoms with Crippen LogP contribution in [0.2, 0.25) is 5.02 Å². The van der Waals surface area contributed by atoms with E-state index in [0.29, 0.717) is 0 Å². The van der Waals surface area contributed by atoms with Gasteiger partial charge in [0.05, 0.1) is 15.6 Å². The van der Waals surface area contributed by atoms with Crippen LogP contribution >= 0.6 is 11.6 Å². The van der Waals surface area contributed by atoms with Crippen molar-refractivity contribution in [2.45, 2.75) is 11.3 Å². The second kappa shape index (κ2) is 4.94. The van der Waals surface area contributed by atoms with Crippen molar-refractivity contribution in [1.82, 2.24) is 0 Å². The Bertz CT molecular complexity index is 548. The van der Waals surface area contributed by atoms with Crippen molar-refractivity contribution < 1.29 is 22.0 Å². The van der Waals surface area contributed by atoms with Gasteiger partial charge in [0.2, 0.25) is 10.0 Å². The lowest BCUT2D eigenvalue weighted by Crippen LogP contribution is -2.21. The Balaban J connectivity index is 3.12. The normalized spacial score (nSPS) is 11.6. The van der Waals surface area contributed by atoms with E-state index in [9.17, 15) is 22.0 Å². The number of sulfonamides is 1. The molecule has 17 heavy (non-hydrogen) atoms. The Hall–Kier alpha value is -1.25. The van der Waals surface area contributed by atoms with E-state index in [0.717, 1.165) is 18.2 Å². The number of halogens is 3. The predicted octanol–water partition coefficient (Wildman–Crippen LogP) is 1.19. The molecule has 5 nitrogen and oxygen atoms in total. The van der Waals surface area contributed by atoms with Gasteiger partial charge in [0, 0.05) is 0 Å². The van der Waals surface area contributed by atoms with Crippen LogP contribution in [0.4, 0.5) is 14.5 Å². The highest BCUT2D eigenvalue weighted by Gasteiger charge is 2.18. The number of carbonyl (C=O) groups excluding carboxylic acids is 1. The van der Waals surface area contributed by atoms with Gasteiger partial charge in [-0.2, -0.15) is 8.78 Å². The van der Waals surface area contributed by atoms with Gasteiger partial charge in [-0.25, -0.2) is 13.6 Å². The molecule has 0 bridgehead atoms. The molecule has 0 spiro atoms. The Morgan fingerprint density at radius 3 is 2.47 bits per heavy atom. The third kappa shape index (κ3) is 3.62. The topological polar surface area (TPSA) is 89.3 Å². The van der Waals surface area contributed by atoms with Gasteiger partial charge in [-0.15, -0.1) is 0 Å². The van der Waals surface area contributed by atoms with E-state index in [1.807, 2.05) is 0 Å². The van der Waals surface area contributed by atoms with E-state index in [2.05, 4.69) is 0 Å². The van der Waals surface area contributed by atoms with Crippen LogP contribution in [0.5, 0.6) is 0 Å². The smallest absolute Gasteiger partial charge is 0.315 e. The molecule has 0 aromatic heterocycles. The molecule has 0 atom stereocenters. The van der Waals surface area contributed by atoms with Crippen molar-refractivity contribution in [3.05, 3.63) is 23.2 Å². The fourth-order valence-corrected chi connectivity index (χ4v) is 1.67. The largest absolute Gasteiger partial charge is 0.320 e. The van der Waals surface area contributed by atoms with Gasteiger partial charge in [-0.3, -0.25) is 4.79 Å². The summed E-state index contributed by atoms with van der Waals surface area (Å²) in [6, 6.07) is 3.12. The third-order valence-electron chi connectivity index (χ3n) is 1.72. The Morgan fingerprint density at radius 1 is 1.41 bits per heavy atom. The quantitative estimate of drug-likeness (QED) is 0.874. The molecular weight excluding hydrogens is 278 g/mol. The molecule has 0 saturated heterocycles. The first-order valence-corrected chi connectivity index (χ1v) is 6.05. The zero-order valence-electron chi connectivity index (χ0n) is 8.15. The van der Waals surface area contributed by atoms with Crippen LogP contribution in [-0.2, 0) is 14.8 Å². The summed E-state index contributed by atoms with van der Waals surface area (Å²) in [5, 5.41) is 6.54. The summed E-state index contributed by atoms with van der Waals surface area (Å²) in [6.45, 7) is 0. The molecule has 94 valence electrons. The maximum absolute atomic E-state index is 12.0. The van der Waals surface area contributed by atoms with E-state index < -0.39 is 22.4 Å². The molecule has 0 saturated carbocycles. The van der Waals surface area contributed by atoms with E-state index in [4.69, 9.17) is 16.7 Å². The second-order valence-corrected chi connectivity index (χ2v) is 4.95. The van der Waals surface area contributed by atoms with E-state index in [1.165, 1.54) is 0 Å². The zero-order chi connectivity index (χ0) is 13.2. The number of amides is 1. The molecule has 1 aromatic carbocycles. The minimum atomic E-state index is -4.00. The molecule has 0 heterocycles. The summed E-state index contributed by atoms with van der Waals surface area (Å²) >= 11 is 5.60. The summed E-state index contributed by atoms with van der Waals surface area (Å²) < 4.78 is 45.9. The Labute approximate surface area is 101 Å². The van der Waals surface area contributed by atoms with Gasteiger partial charge in [0.1, 0.15) is 0 Å². The Morgan fingerprint density at radius 2 is 2.00 bits per heavy atom. The number of nitrogens with one attached hydrogen (secondary N) is 1. The molecule has 0 aliphatic carbocycles. The molecule has 0 aliphatic heterocycles. The van der Waals surface area contributed by atoms with Crippen LogP contribution in [-0.4, -0.2) is 20.8 Å². The van der Waals surface area contributed by atoms with Gasteiger partial charge < -0.3 is 5.32 Å². The average Bonchev–Trinajstić information content (AvgIpc) is 2.19. The molecule has 1 amide bonds. The van der Waals surface area contributed by atoms with Crippen LogP contribution in [0, 0.1) is 0 Å².